The highest BCUT2D eigenvalue weighted by atomic mass is 32.2. The summed E-state index contributed by atoms with van der Waals surface area (Å²) in [7, 11) is 0. The molecule has 63 heavy (non-hydrogen) atoms. The van der Waals surface area contributed by atoms with E-state index in [1.54, 1.807) is 16.6 Å². The zero-order chi connectivity index (χ0) is 44.1. The number of thioether (sulfide) groups is 2. The van der Waals surface area contributed by atoms with Crippen LogP contribution in [0.25, 0.3) is 22.8 Å². The van der Waals surface area contributed by atoms with E-state index in [-0.39, 0.29) is 12.1 Å². The predicted molar refractivity (Wildman–Crippen MR) is 229 cm³/mol. The number of aromatic nitrogens is 8. The lowest BCUT2D eigenvalue weighted by atomic mass is 9.98. The summed E-state index contributed by atoms with van der Waals surface area (Å²) in [5, 5.41) is 35.9. The van der Waals surface area contributed by atoms with Crippen LogP contribution in [0.3, 0.4) is 0 Å². The Morgan fingerprint density at radius 2 is 0.984 bits per heavy atom. The van der Waals surface area contributed by atoms with Crippen molar-refractivity contribution in [2.45, 2.75) is 56.1 Å². The van der Waals surface area contributed by atoms with Crippen LogP contribution in [0.5, 0.6) is 0 Å². The first-order valence-corrected chi connectivity index (χ1v) is 22.1. The molecule has 2 saturated heterocycles. The number of benzene rings is 5. The van der Waals surface area contributed by atoms with Crippen molar-refractivity contribution >= 4 is 23.5 Å². The van der Waals surface area contributed by atoms with Gasteiger partial charge >= 0.3 is 12.4 Å². The monoisotopic (exact) mass is 902 g/mol. The molecule has 0 atom stereocenters. The van der Waals surface area contributed by atoms with Gasteiger partial charge in [-0.25, -0.2) is 0 Å². The second-order valence-electron chi connectivity index (χ2n) is 15.5. The number of rotatable bonds is 13. The number of nitrogens with zero attached hydrogens (tertiary/aromatic N) is 8. The molecular weight excluding hydrogens is 863 g/mol. The molecule has 0 bridgehead atoms. The van der Waals surface area contributed by atoms with Crippen molar-refractivity contribution < 1.29 is 36.2 Å². The quantitative estimate of drug-likeness (QED) is 0.112. The molecule has 0 spiro atoms. The number of tetrazole rings is 2. The van der Waals surface area contributed by atoms with E-state index >= 15 is 0 Å². The van der Waals surface area contributed by atoms with Crippen LogP contribution < -0.4 is 0 Å². The maximum atomic E-state index is 12.9. The van der Waals surface area contributed by atoms with Crippen molar-refractivity contribution in [1.29, 1.82) is 0 Å². The fourth-order valence-electron chi connectivity index (χ4n) is 6.99. The van der Waals surface area contributed by atoms with E-state index in [0.717, 1.165) is 74.7 Å². The Morgan fingerprint density at radius 3 is 1.41 bits per heavy atom. The Balaban J connectivity index is 0.000000177. The zero-order valence-corrected chi connectivity index (χ0v) is 35.1. The molecule has 1 N–H and O–H groups in total. The van der Waals surface area contributed by atoms with Crippen LogP contribution in [0, 0.1) is 0 Å². The third-order valence-electron chi connectivity index (χ3n) is 10.5. The number of halogens is 6. The minimum atomic E-state index is -4.35. The summed E-state index contributed by atoms with van der Waals surface area (Å²) in [6.07, 6.45) is -7.78. The number of hydrogen-bond donors (Lipinski definition) is 1. The highest BCUT2D eigenvalue weighted by molar-refractivity contribution is 8.01. The Kier molecular flexibility index (Phi) is 13.0. The van der Waals surface area contributed by atoms with Crippen molar-refractivity contribution in [2.75, 3.05) is 23.0 Å². The van der Waals surface area contributed by atoms with Gasteiger partial charge in [0.2, 0.25) is 11.6 Å². The van der Waals surface area contributed by atoms with Gasteiger partial charge in [0.1, 0.15) is 11.2 Å². The van der Waals surface area contributed by atoms with Gasteiger partial charge in [0.25, 0.3) is 0 Å². The molecule has 18 heteroatoms. The maximum Gasteiger partial charge on any atom is 0.416 e. The smallest absolute Gasteiger partial charge is 0.386 e. The molecule has 0 unspecified atom stereocenters. The van der Waals surface area contributed by atoms with Crippen LogP contribution >= 0.6 is 23.5 Å². The van der Waals surface area contributed by atoms with Gasteiger partial charge in [0.05, 0.1) is 30.8 Å². The van der Waals surface area contributed by atoms with Gasteiger partial charge < -0.3 is 9.84 Å². The first-order valence-electron chi connectivity index (χ1n) is 19.8. The summed E-state index contributed by atoms with van der Waals surface area (Å²) in [5.41, 5.74) is 3.59. The first kappa shape index (κ1) is 44.1. The van der Waals surface area contributed by atoms with Crippen LogP contribution in [0.1, 0.15) is 38.9 Å². The lowest BCUT2D eigenvalue weighted by Gasteiger charge is -2.40. The van der Waals surface area contributed by atoms with Crippen LogP contribution in [0.4, 0.5) is 26.3 Å². The van der Waals surface area contributed by atoms with Gasteiger partial charge in [0.15, 0.2) is 0 Å². The predicted octanol–water partition coefficient (Wildman–Crippen LogP) is 9.08. The molecule has 0 aliphatic carbocycles. The second kappa shape index (κ2) is 18.7. The summed E-state index contributed by atoms with van der Waals surface area (Å²) in [5.74, 6) is 3.93. The first-order chi connectivity index (χ1) is 30.2. The van der Waals surface area contributed by atoms with Gasteiger partial charge in [-0.05, 0) is 75.4 Å². The van der Waals surface area contributed by atoms with E-state index in [4.69, 9.17) is 4.74 Å². The molecule has 0 radical (unpaired) electrons. The Hall–Kier alpha value is -5.56. The molecule has 326 valence electrons. The normalized spacial score (nSPS) is 15.5. The lowest BCUT2D eigenvalue weighted by Crippen LogP contribution is -2.50. The van der Waals surface area contributed by atoms with E-state index < -0.39 is 29.1 Å². The van der Waals surface area contributed by atoms with E-state index in [2.05, 4.69) is 30.8 Å². The molecule has 0 saturated carbocycles. The number of ether oxygens (including phenoxy) is 1. The molecule has 10 nitrogen and oxygen atoms in total. The van der Waals surface area contributed by atoms with Gasteiger partial charge in [-0.3, -0.25) is 0 Å². The molecule has 9 rings (SSSR count). The van der Waals surface area contributed by atoms with Gasteiger partial charge in [-0.2, -0.15) is 59.5 Å². The second-order valence-corrected chi connectivity index (χ2v) is 17.5. The molecular formula is C45H40F6N8O2S2. The summed E-state index contributed by atoms with van der Waals surface area (Å²) in [6.45, 7) is 1.31. The number of aliphatic hydroxyl groups is 1. The lowest BCUT2D eigenvalue weighted by molar-refractivity contribution is -0.138. The summed E-state index contributed by atoms with van der Waals surface area (Å²) in [6, 6.07) is 35.5. The SMILES string of the molecule is FC(F)(F)c1ccc(Cc2ccccc2-c2nnn(CC3(OCc4ccccc4)CSC3)n2)cc1.OC1(Cn2nnc(-c3ccccc3Cc3ccc(C(F)(F)F)cc3)n2)CSC1. The van der Waals surface area contributed by atoms with Crippen LogP contribution in [0.15, 0.2) is 127 Å². The van der Waals surface area contributed by atoms with Crippen LogP contribution in [0.2, 0.25) is 0 Å². The van der Waals surface area contributed by atoms with Gasteiger partial charge in [-0.1, -0.05) is 103 Å². The van der Waals surface area contributed by atoms with Crippen molar-refractivity contribution in [3.63, 3.8) is 0 Å². The average Bonchev–Trinajstić information content (AvgIpc) is 3.92. The molecule has 2 aromatic heterocycles. The third-order valence-corrected chi connectivity index (χ3v) is 13.4. The minimum Gasteiger partial charge on any atom is -0.386 e. The molecule has 0 amide bonds. The van der Waals surface area contributed by atoms with Crippen molar-refractivity contribution in [3.05, 3.63) is 166 Å². The summed E-state index contributed by atoms with van der Waals surface area (Å²) >= 11 is 3.49. The topological polar surface area (TPSA) is 117 Å². The Labute approximate surface area is 367 Å². The molecule has 2 aliphatic rings. The fourth-order valence-corrected chi connectivity index (χ4v) is 8.86. The van der Waals surface area contributed by atoms with E-state index in [9.17, 15) is 31.4 Å². The fraction of sp³-hybridized carbons (Fsp3) is 0.289. The molecule has 2 aliphatic heterocycles. The number of alkyl halides is 6. The maximum absolute atomic E-state index is 12.9. The minimum absolute atomic E-state index is 0.286. The standard InChI is InChI=1S/C26H23F3N4OS.C19H17F3N4OS/c27-26(28,29)22-12-10-19(11-13-22)14-21-8-4-5-9-23(21)24-30-32-33(31-24)16-25(17-35-18-25)34-15-20-6-2-1-3-7-20;20-19(21,22)15-7-5-13(6-8-15)9-14-3-1-2-4-16(14)17-23-25-26(24-17)10-18(27)11-28-12-18/h1-13H,14-18H2;1-8,27H,9-12H2. The van der Waals surface area contributed by atoms with E-state index in [0.29, 0.717) is 49.1 Å². The molecule has 5 aromatic carbocycles. The molecule has 7 aromatic rings. The van der Waals surface area contributed by atoms with Crippen molar-refractivity contribution in [2.24, 2.45) is 0 Å². The van der Waals surface area contributed by atoms with E-state index in [1.807, 2.05) is 90.6 Å². The van der Waals surface area contributed by atoms with Gasteiger partial charge in [-0.15, -0.1) is 20.4 Å². The summed E-state index contributed by atoms with van der Waals surface area (Å²) < 4.78 is 83.1. The highest BCUT2D eigenvalue weighted by Crippen LogP contribution is 2.36. The Bertz CT molecular complexity index is 2600. The highest BCUT2D eigenvalue weighted by Gasteiger charge is 2.41. The van der Waals surface area contributed by atoms with E-state index in [1.165, 1.54) is 29.1 Å². The molecule has 4 heterocycles. The molecule has 2 fully saturated rings. The average molecular weight is 903 g/mol. The van der Waals surface area contributed by atoms with Gasteiger partial charge in [0, 0.05) is 34.1 Å². The summed E-state index contributed by atoms with van der Waals surface area (Å²) in [4.78, 5) is 2.97. The number of hydrogen-bond acceptors (Lipinski definition) is 10. The Morgan fingerprint density at radius 1 is 0.540 bits per heavy atom. The van der Waals surface area contributed by atoms with Crippen molar-refractivity contribution in [3.8, 4) is 22.8 Å². The largest absolute Gasteiger partial charge is 0.416 e. The van der Waals surface area contributed by atoms with Crippen LogP contribution in [-0.4, -0.2) is 79.7 Å². The third kappa shape index (κ3) is 11.2. The van der Waals surface area contributed by atoms with Crippen LogP contribution in [-0.2, 0) is 49.6 Å². The van der Waals surface area contributed by atoms with Crippen molar-refractivity contribution in [1.82, 2.24) is 40.4 Å². The zero-order valence-electron chi connectivity index (χ0n) is 33.5.